The van der Waals surface area contributed by atoms with Crippen LogP contribution in [-0.2, 0) is 0 Å². The summed E-state index contributed by atoms with van der Waals surface area (Å²) in [5.74, 6) is 0. The molecule has 0 fully saturated rings. The summed E-state index contributed by atoms with van der Waals surface area (Å²) in [6, 6.07) is 10.5. The van der Waals surface area contributed by atoms with Gasteiger partial charge in [-0.15, -0.1) is 0 Å². The van der Waals surface area contributed by atoms with Crippen LogP contribution in [0, 0.1) is 6.07 Å². The minimum absolute atomic E-state index is 0.937. The molecule has 2 nitrogen and oxygen atoms in total. The highest BCUT2D eigenvalue weighted by Gasteiger charge is 1.85. The van der Waals surface area contributed by atoms with Crippen molar-refractivity contribution >= 4 is 23.2 Å². The second-order valence-corrected chi connectivity index (χ2v) is 3.57. The topological polar surface area (TPSA) is 15.6 Å². The third kappa shape index (κ3) is 3.55. The zero-order valence-electron chi connectivity index (χ0n) is 7.19. The van der Waals surface area contributed by atoms with E-state index in [0.717, 1.165) is 5.69 Å². The van der Waals surface area contributed by atoms with Crippen LogP contribution in [-0.4, -0.2) is 23.9 Å². The van der Waals surface area contributed by atoms with Gasteiger partial charge in [-0.2, -0.15) is 0 Å². The van der Waals surface area contributed by atoms with Crippen molar-refractivity contribution in [2.75, 3.05) is 14.1 Å². The van der Waals surface area contributed by atoms with E-state index < -0.39 is 0 Å². The molecule has 0 saturated heterocycles. The maximum atomic E-state index is 4.21. The van der Waals surface area contributed by atoms with Crippen molar-refractivity contribution in [3.63, 3.8) is 0 Å². The van der Waals surface area contributed by atoms with Gasteiger partial charge in [0.25, 0.3) is 0 Å². The van der Waals surface area contributed by atoms with E-state index in [9.17, 15) is 0 Å². The van der Waals surface area contributed by atoms with Crippen molar-refractivity contribution in [2.45, 2.75) is 0 Å². The van der Waals surface area contributed by atoms with Crippen molar-refractivity contribution in [3.8, 4) is 0 Å². The molecule has 0 aliphatic rings. The summed E-state index contributed by atoms with van der Waals surface area (Å²) in [5.41, 5.74) is 2.75. The molecule has 0 atom stereocenters. The van der Waals surface area contributed by atoms with Gasteiger partial charge in [-0.25, -0.2) is 4.99 Å². The van der Waals surface area contributed by atoms with Crippen molar-refractivity contribution < 1.29 is 0 Å². The summed E-state index contributed by atoms with van der Waals surface area (Å²) in [6.45, 7) is 0. The fourth-order valence-electron chi connectivity index (χ4n) is 0.643. The second kappa shape index (κ2) is 4.95. The SMILES string of the molecule is CN(C)SC=Nc1c[c]ccc1. The van der Waals surface area contributed by atoms with Gasteiger partial charge in [0.2, 0.25) is 0 Å². The van der Waals surface area contributed by atoms with E-state index in [0.29, 0.717) is 0 Å². The van der Waals surface area contributed by atoms with Gasteiger partial charge in [-0.05, 0) is 44.2 Å². The summed E-state index contributed by atoms with van der Waals surface area (Å²) in [7, 11) is 3.96. The van der Waals surface area contributed by atoms with Crippen LogP contribution in [0.4, 0.5) is 5.69 Å². The van der Waals surface area contributed by atoms with E-state index in [-0.39, 0.29) is 0 Å². The molecule has 3 heteroatoms. The lowest BCUT2D eigenvalue weighted by Crippen LogP contribution is -1.97. The van der Waals surface area contributed by atoms with Gasteiger partial charge in [0.15, 0.2) is 0 Å². The Balaban J connectivity index is 2.47. The minimum Gasteiger partial charge on any atom is -0.252 e. The number of benzene rings is 1. The summed E-state index contributed by atoms with van der Waals surface area (Å²) < 4.78 is 1.98. The van der Waals surface area contributed by atoms with Gasteiger partial charge in [0.1, 0.15) is 0 Å². The second-order valence-electron chi connectivity index (χ2n) is 2.41. The Labute approximate surface area is 77.4 Å². The van der Waals surface area contributed by atoms with E-state index in [2.05, 4.69) is 11.1 Å². The Bertz CT molecular complexity index is 244. The van der Waals surface area contributed by atoms with E-state index in [1.165, 1.54) is 0 Å². The maximum Gasteiger partial charge on any atom is 0.0758 e. The molecule has 0 spiro atoms. The molecule has 0 saturated carbocycles. The van der Waals surface area contributed by atoms with Crippen LogP contribution >= 0.6 is 11.9 Å². The van der Waals surface area contributed by atoms with Crippen LogP contribution in [0.3, 0.4) is 0 Å². The quantitative estimate of drug-likeness (QED) is 0.402. The number of aliphatic imine (C=N–C) groups is 1. The zero-order valence-corrected chi connectivity index (χ0v) is 8.01. The van der Waals surface area contributed by atoms with Gasteiger partial charge < -0.3 is 0 Å². The molecule has 0 bridgehead atoms. The molecular weight excluding hydrogens is 168 g/mol. The number of rotatable bonds is 3. The van der Waals surface area contributed by atoms with E-state index in [1.807, 2.05) is 48.2 Å². The maximum absolute atomic E-state index is 4.21. The molecule has 0 aliphatic carbocycles. The predicted octanol–water partition coefficient (Wildman–Crippen LogP) is 2.36. The van der Waals surface area contributed by atoms with Crippen LogP contribution in [0.25, 0.3) is 0 Å². The summed E-state index contributed by atoms with van der Waals surface area (Å²) in [5, 5.41) is 0. The van der Waals surface area contributed by atoms with Crippen LogP contribution < -0.4 is 0 Å². The average molecular weight is 179 g/mol. The Morgan fingerprint density at radius 3 is 3.00 bits per heavy atom. The molecule has 1 radical (unpaired) electrons. The molecular formula is C9H11N2S. The molecule has 1 rings (SSSR count). The summed E-state index contributed by atoms with van der Waals surface area (Å²) in [4.78, 5) is 4.21. The minimum atomic E-state index is 0.937. The third-order valence-electron chi connectivity index (χ3n) is 1.15. The molecule has 0 N–H and O–H groups in total. The molecule has 12 heavy (non-hydrogen) atoms. The van der Waals surface area contributed by atoms with Gasteiger partial charge in [0.05, 0.1) is 11.2 Å². The Morgan fingerprint density at radius 2 is 2.42 bits per heavy atom. The molecule has 0 heterocycles. The highest BCUT2D eigenvalue weighted by molar-refractivity contribution is 8.10. The van der Waals surface area contributed by atoms with Gasteiger partial charge in [-0.3, -0.25) is 4.31 Å². The van der Waals surface area contributed by atoms with Gasteiger partial charge in [-0.1, -0.05) is 12.1 Å². The van der Waals surface area contributed by atoms with Gasteiger partial charge >= 0.3 is 0 Å². The van der Waals surface area contributed by atoms with Crippen molar-refractivity contribution in [1.82, 2.24) is 4.31 Å². The lowest BCUT2D eigenvalue weighted by atomic mass is 10.3. The first-order valence-corrected chi connectivity index (χ1v) is 4.45. The molecule has 1 aromatic carbocycles. The Kier molecular flexibility index (Phi) is 3.84. The fraction of sp³-hybridized carbons (Fsp3) is 0.222. The zero-order chi connectivity index (χ0) is 8.81. The van der Waals surface area contributed by atoms with E-state index >= 15 is 0 Å². The molecule has 0 aliphatic heterocycles. The smallest absolute Gasteiger partial charge is 0.0758 e. The summed E-state index contributed by atoms with van der Waals surface area (Å²) >= 11 is 1.55. The lowest BCUT2D eigenvalue weighted by molar-refractivity contribution is 0.710. The third-order valence-corrected chi connectivity index (χ3v) is 1.77. The first-order valence-electron chi connectivity index (χ1n) is 3.62. The van der Waals surface area contributed by atoms with Crippen LogP contribution in [0.15, 0.2) is 29.3 Å². The van der Waals surface area contributed by atoms with Crippen LogP contribution in [0.1, 0.15) is 0 Å². The van der Waals surface area contributed by atoms with Crippen molar-refractivity contribution in [2.24, 2.45) is 4.99 Å². The largest absolute Gasteiger partial charge is 0.252 e. The Morgan fingerprint density at radius 1 is 1.58 bits per heavy atom. The molecule has 0 aromatic heterocycles. The highest BCUT2D eigenvalue weighted by Crippen LogP contribution is 2.10. The van der Waals surface area contributed by atoms with Crippen molar-refractivity contribution in [3.05, 3.63) is 30.3 Å². The lowest BCUT2D eigenvalue weighted by Gasteiger charge is -2.01. The summed E-state index contributed by atoms with van der Waals surface area (Å²) in [6.07, 6.45) is 0. The van der Waals surface area contributed by atoms with E-state index in [1.54, 1.807) is 11.9 Å². The normalized spacial score (nSPS) is 11.2. The highest BCUT2D eigenvalue weighted by atomic mass is 32.2. The fourth-order valence-corrected chi connectivity index (χ4v) is 1.00. The van der Waals surface area contributed by atoms with Gasteiger partial charge in [0, 0.05) is 0 Å². The van der Waals surface area contributed by atoms with E-state index in [4.69, 9.17) is 0 Å². The molecule has 0 unspecified atom stereocenters. The van der Waals surface area contributed by atoms with Crippen LogP contribution in [0.2, 0.25) is 0 Å². The number of hydrogen-bond donors (Lipinski definition) is 0. The average Bonchev–Trinajstić information content (AvgIpc) is 2.05. The number of hydrogen-bond acceptors (Lipinski definition) is 3. The standard InChI is InChI=1S/C9H11N2S/c1-11(2)12-8-10-9-6-4-3-5-7-9/h3-4,6-8H,1-2H3. The first kappa shape index (κ1) is 9.29. The Hall–Kier alpha value is -0.800. The number of nitrogens with zero attached hydrogens (tertiary/aromatic N) is 2. The monoisotopic (exact) mass is 179 g/mol. The van der Waals surface area contributed by atoms with Crippen LogP contribution in [0.5, 0.6) is 0 Å². The first-order chi connectivity index (χ1) is 5.79. The molecule has 63 valence electrons. The predicted molar refractivity (Wildman–Crippen MR) is 54.7 cm³/mol. The molecule has 1 aromatic rings. The van der Waals surface area contributed by atoms with Crippen molar-refractivity contribution in [1.29, 1.82) is 0 Å². The molecule has 0 amide bonds.